The maximum absolute atomic E-state index is 10.7. The Morgan fingerprint density at radius 2 is 2.22 bits per heavy atom. The van der Waals surface area contributed by atoms with Crippen molar-refractivity contribution >= 4 is 11.4 Å². The summed E-state index contributed by atoms with van der Waals surface area (Å²) in [6.07, 6.45) is 3.81. The first kappa shape index (κ1) is 12.8. The van der Waals surface area contributed by atoms with Crippen LogP contribution >= 0.6 is 0 Å². The van der Waals surface area contributed by atoms with Gasteiger partial charge in [0.2, 0.25) is 0 Å². The van der Waals surface area contributed by atoms with Gasteiger partial charge in [0, 0.05) is 37.0 Å². The summed E-state index contributed by atoms with van der Waals surface area (Å²) in [6.45, 7) is 0.775. The molecule has 0 spiro atoms. The van der Waals surface area contributed by atoms with Gasteiger partial charge in [0.05, 0.1) is 11.5 Å². The van der Waals surface area contributed by atoms with Crippen LogP contribution in [0.15, 0.2) is 18.2 Å². The van der Waals surface area contributed by atoms with Gasteiger partial charge in [-0.1, -0.05) is 6.42 Å². The molecule has 0 unspecified atom stereocenters. The summed E-state index contributed by atoms with van der Waals surface area (Å²) >= 11 is 0. The molecule has 1 fully saturated rings. The first-order chi connectivity index (χ1) is 8.61. The predicted octanol–water partition coefficient (Wildman–Crippen LogP) is 2.32. The molecule has 1 aromatic carbocycles. The van der Waals surface area contributed by atoms with Crippen LogP contribution in [0.2, 0.25) is 0 Å². The average molecular weight is 250 g/mol. The van der Waals surface area contributed by atoms with Crippen molar-refractivity contribution in [2.45, 2.75) is 25.9 Å². The summed E-state index contributed by atoms with van der Waals surface area (Å²) in [7, 11) is 1.97. The highest BCUT2D eigenvalue weighted by Crippen LogP contribution is 2.30. The lowest BCUT2D eigenvalue weighted by Crippen LogP contribution is -2.29. The van der Waals surface area contributed by atoms with E-state index in [9.17, 15) is 15.2 Å². The molecule has 0 atom stereocenters. The van der Waals surface area contributed by atoms with Crippen LogP contribution in [-0.2, 0) is 6.61 Å². The molecule has 0 radical (unpaired) electrons. The molecule has 5 nitrogen and oxygen atoms in total. The summed E-state index contributed by atoms with van der Waals surface area (Å²) in [6, 6.07) is 4.67. The molecule has 2 rings (SSSR count). The number of hydrogen-bond donors (Lipinski definition) is 1. The summed E-state index contributed by atoms with van der Waals surface area (Å²) in [5, 5.41) is 20.0. The van der Waals surface area contributed by atoms with Crippen molar-refractivity contribution in [3.8, 4) is 0 Å². The van der Waals surface area contributed by atoms with E-state index in [4.69, 9.17) is 0 Å². The maximum Gasteiger partial charge on any atom is 0.269 e. The highest BCUT2D eigenvalue weighted by molar-refractivity contribution is 5.57. The molecule has 1 N–H and O–H groups in total. The van der Waals surface area contributed by atoms with Crippen LogP contribution < -0.4 is 4.90 Å². The fourth-order valence-electron chi connectivity index (χ4n) is 2.35. The van der Waals surface area contributed by atoms with Crippen molar-refractivity contribution in [2.24, 2.45) is 5.92 Å². The Hall–Kier alpha value is -1.62. The molecule has 5 heteroatoms. The molecule has 1 saturated carbocycles. The quantitative estimate of drug-likeness (QED) is 0.643. The monoisotopic (exact) mass is 250 g/mol. The van der Waals surface area contributed by atoms with E-state index in [2.05, 4.69) is 4.90 Å². The van der Waals surface area contributed by atoms with Crippen molar-refractivity contribution in [3.05, 3.63) is 33.9 Å². The number of anilines is 1. The zero-order chi connectivity index (χ0) is 13.1. The summed E-state index contributed by atoms with van der Waals surface area (Å²) < 4.78 is 0. The lowest BCUT2D eigenvalue weighted by Gasteiger charge is -2.32. The van der Waals surface area contributed by atoms with Gasteiger partial charge in [0.25, 0.3) is 5.69 Å². The first-order valence-corrected chi connectivity index (χ1v) is 6.21. The van der Waals surface area contributed by atoms with Gasteiger partial charge in [-0.15, -0.1) is 0 Å². The van der Waals surface area contributed by atoms with Crippen molar-refractivity contribution in [1.82, 2.24) is 0 Å². The minimum atomic E-state index is -0.436. The van der Waals surface area contributed by atoms with E-state index in [0.29, 0.717) is 5.56 Å². The van der Waals surface area contributed by atoms with Gasteiger partial charge in [0.1, 0.15) is 0 Å². The van der Waals surface area contributed by atoms with Crippen LogP contribution in [0.3, 0.4) is 0 Å². The predicted molar refractivity (Wildman–Crippen MR) is 69.6 cm³/mol. The SMILES string of the molecule is CN(CC1CCC1)c1ccc([N+](=O)[O-])cc1CO. The molecule has 0 bridgehead atoms. The average Bonchev–Trinajstić information content (AvgIpc) is 2.32. The Labute approximate surface area is 106 Å². The van der Waals surface area contributed by atoms with Crippen LogP contribution in [0.4, 0.5) is 11.4 Å². The molecular weight excluding hydrogens is 232 g/mol. The van der Waals surface area contributed by atoms with Crippen LogP contribution in [0.1, 0.15) is 24.8 Å². The molecule has 0 aliphatic heterocycles. The number of aliphatic hydroxyl groups is 1. The van der Waals surface area contributed by atoms with Gasteiger partial charge in [-0.05, 0) is 24.8 Å². The zero-order valence-electron chi connectivity index (χ0n) is 10.5. The van der Waals surface area contributed by atoms with E-state index in [1.54, 1.807) is 6.07 Å². The van der Waals surface area contributed by atoms with Gasteiger partial charge in [-0.25, -0.2) is 0 Å². The summed E-state index contributed by atoms with van der Waals surface area (Å²) in [5.41, 5.74) is 1.53. The number of hydrogen-bond acceptors (Lipinski definition) is 4. The molecule has 1 aliphatic carbocycles. The standard InChI is InChI=1S/C13H18N2O3/c1-14(8-10-3-2-4-10)13-6-5-12(15(17)18)7-11(13)9-16/h5-7,10,16H,2-4,8-9H2,1H3. The third kappa shape index (κ3) is 2.61. The van der Waals surface area contributed by atoms with Crippen molar-refractivity contribution in [3.63, 3.8) is 0 Å². The molecule has 98 valence electrons. The van der Waals surface area contributed by atoms with Crippen LogP contribution in [0.25, 0.3) is 0 Å². The number of benzene rings is 1. The number of nitro benzene ring substituents is 1. The minimum Gasteiger partial charge on any atom is -0.392 e. The van der Waals surface area contributed by atoms with Crippen molar-refractivity contribution < 1.29 is 10.0 Å². The van der Waals surface area contributed by atoms with Crippen LogP contribution in [-0.4, -0.2) is 23.6 Å². The highest BCUT2D eigenvalue weighted by Gasteiger charge is 2.21. The Kier molecular flexibility index (Phi) is 3.81. The van der Waals surface area contributed by atoms with E-state index < -0.39 is 4.92 Å². The number of nitro groups is 1. The lowest BCUT2D eigenvalue weighted by molar-refractivity contribution is -0.384. The van der Waals surface area contributed by atoms with Gasteiger partial charge >= 0.3 is 0 Å². The van der Waals surface area contributed by atoms with E-state index in [1.807, 2.05) is 7.05 Å². The normalized spacial score (nSPS) is 15.2. The van der Waals surface area contributed by atoms with Gasteiger partial charge in [-0.2, -0.15) is 0 Å². The van der Waals surface area contributed by atoms with Crippen molar-refractivity contribution in [1.29, 1.82) is 0 Å². The molecule has 0 aromatic heterocycles. The number of rotatable bonds is 5. The van der Waals surface area contributed by atoms with E-state index in [1.165, 1.54) is 31.4 Å². The second-order valence-corrected chi connectivity index (χ2v) is 4.91. The molecule has 0 amide bonds. The molecule has 1 aromatic rings. The smallest absolute Gasteiger partial charge is 0.269 e. The molecule has 0 saturated heterocycles. The molecule has 18 heavy (non-hydrogen) atoms. The van der Waals surface area contributed by atoms with Gasteiger partial charge < -0.3 is 10.0 Å². The summed E-state index contributed by atoms with van der Waals surface area (Å²) in [5.74, 6) is 0.719. The van der Waals surface area contributed by atoms with E-state index in [-0.39, 0.29) is 12.3 Å². The highest BCUT2D eigenvalue weighted by atomic mass is 16.6. The van der Waals surface area contributed by atoms with E-state index >= 15 is 0 Å². The Bertz CT molecular complexity index is 444. The molecule has 1 aliphatic rings. The second kappa shape index (κ2) is 5.35. The summed E-state index contributed by atoms with van der Waals surface area (Å²) in [4.78, 5) is 12.3. The first-order valence-electron chi connectivity index (χ1n) is 6.21. The third-order valence-electron chi connectivity index (χ3n) is 3.61. The van der Waals surface area contributed by atoms with Crippen molar-refractivity contribution in [2.75, 3.05) is 18.5 Å². The second-order valence-electron chi connectivity index (χ2n) is 4.91. The molecule has 0 heterocycles. The van der Waals surface area contributed by atoms with E-state index in [0.717, 1.165) is 18.2 Å². The fraction of sp³-hybridized carbons (Fsp3) is 0.538. The third-order valence-corrected chi connectivity index (χ3v) is 3.61. The van der Waals surface area contributed by atoms with Gasteiger partial charge in [0.15, 0.2) is 0 Å². The van der Waals surface area contributed by atoms with Crippen LogP contribution in [0.5, 0.6) is 0 Å². The molecular formula is C13H18N2O3. The number of non-ortho nitro benzene ring substituents is 1. The number of aliphatic hydroxyl groups excluding tert-OH is 1. The fourth-order valence-corrected chi connectivity index (χ4v) is 2.35. The Balaban J connectivity index is 2.17. The van der Waals surface area contributed by atoms with Gasteiger partial charge in [-0.3, -0.25) is 10.1 Å². The Morgan fingerprint density at radius 3 is 2.72 bits per heavy atom. The largest absolute Gasteiger partial charge is 0.392 e. The topological polar surface area (TPSA) is 66.6 Å². The lowest BCUT2D eigenvalue weighted by atomic mass is 9.85. The number of nitrogens with zero attached hydrogens (tertiary/aromatic N) is 2. The Morgan fingerprint density at radius 1 is 1.50 bits per heavy atom. The minimum absolute atomic E-state index is 0.0276. The maximum atomic E-state index is 10.7. The zero-order valence-corrected chi connectivity index (χ0v) is 10.5. The van der Waals surface area contributed by atoms with Crippen LogP contribution in [0, 0.1) is 16.0 Å².